The molecule has 7 nitrogen and oxygen atoms in total. The molecule has 0 atom stereocenters. The van der Waals surface area contributed by atoms with Crippen molar-refractivity contribution in [3.63, 3.8) is 0 Å². The summed E-state index contributed by atoms with van der Waals surface area (Å²) in [6.45, 7) is 0.0504. The van der Waals surface area contributed by atoms with Gasteiger partial charge in [-0.1, -0.05) is 12.1 Å². The second kappa shape index (κ2) is 8.22. The maximum atomic E-state index is 11.7. The number of nitro groups is 1. The molecule has 1 amide bonds. The van der Waals surface area contributed by atoms with Gasteiger partial charge in [-0.25, -0.2) is 5.43 Å². The summed E-state index contributed by atoms with van der Waals surface area (Å²) in [6, 6.07) is 13.7. The highest BCUT2D eigenvalue weighted by molar-refractivity contribution is 14.1. The molecule has 0 aliphatic carbocycles. The molecule has 2 aromatic carbocycles. The maximum absolute atomic E-state index is 11.7. The van der Waals surface area contributed by atoms with Gasteiger partial charge in [-0.2, -0.15) is 5.10 Å². The van der Waals surface area contributed by atoms with Crippen LogP contribution in [0.1, 0.15) is 5.56 Å². The molecule has 118 valence electrons. The third kappa shape index (κ3) is 5.33. The van der Waals surface area contributed by atoms with Gasteiger partial charge in [0.15, 0.2) is 0 Å². The van der Waals surface area contributed by atoms with Crippen molar-refractivity contribution in [1.82, 2.24) is 5.43 Å². The number of carbonyl (C=O) groups is 1. The number of nitrogens with zero attached hydrogens (tertiary/aromatic N) is 2. The van der Waals surface area contributed by atoms with E-state index in [1.54, 1.807) is 18.2 Å². The number of amides is 1. The highest BCUT2D eigenvalue weighted by atomic mass is 127. The van der Waals surface area contributed by atoms with Crippen molar-refractivity contribution in [2.75, 3.05) is 11.9 Å². The first-order chi connectivity index (χ1) is 11.1. The zero-order valence-electron chi connectivity index (χ0n) is 11.9. The highest BCUT2D eigenvalue weighted by Crippen LogP contribution is 2.15. The third-order valence-electron chi connectivity index (χ3n) is 2.82. The molecule has 0 spiro atoms. The molecule has 0 aliphatic heterocycles. The van der Waals surface area contributed by atoms with Crippen LogP contribution in [0.4, 0.5) is 11.4 Å². The Balaban J connectivity index is 1.87. The molecule has 0 unspecified atom stereocenters. The van der Waals surface area contributed by atoms with Crippen LogP contribution < -0.4 is 10.7 Å². The van der Waals surface area contributed by atoms with Crippen LogP contribution in [0.3, 0.4) is 0 Å². The minimum Gasteiger partial charge on any atom is -0.376 e. The molecular weight excluding hydrogens is 411 g/mol. The number of hydrazone groups is 1. The summed E-state index contributed by atoms with van der Waals surface area (Å²) in [5.74, 6) is -0.349. The fourth-order valence-electron chi connectivity index (χ4n) is 1.73. The number of para-hydroxylation sites is 1. The van der Waals surface area contributed by atoms with E-state index in [4.69, 9.17) is 0 Å². The Labute approximate surface area is 146 Å². The molecule has 0 aromatic heterocycles. The molecular formula is C15H13IN4O3. The topological polar surface area (TPSA) is 96.6 Å². The third-order valence-corrected chi connectivity index (χ3v) is 3.54. The zero-order chi connectivity index (χ0) is 16.7. The first-order valence-electron chi connectivity index (χ1n) is 6.61. The lowest BCUT2D eigenvalue weighted by Crippen LogP contribution is -2.25. The normalized spacial score (nSPS) is 10.5. The van der Waals surface area contributed by atoms with Crippen molar-refractivity contribution in [3.8, 4) is 0 Å². The molecule has 0 radical (unpaired) electrons. The van der Waals surface area contributed by atoms with E-state index in [-0.39, 0.29) is 18.1 Å². The predicted octanol–water partition coefficient (Wildman–Crippen LogP) is 2.76. The molecule has 0 saturated heterocycles. The highest BCUT2D eigenvalue weighted by Gasteiger charge is 2.10. The molecule has 0 heterocycles. The van der Waals surface area contributed by atoms with Crippen LogP contribution in [0, 0.1) is 13.7 Å². The fourth-order valence-corrected chi connectivity index (χ4v) is 2.09. The second-order valence-corrected chi connectivity index (χ2v) is 5.72. The van der Waals surface area contributed by atoms with Gasteiger partial charge in [-0.15, -0.1) is 0 Å². The number of carbonyl (C=O) groups excluding carboxylic acids is 1. The lowest BCUT2D eigenvalue weighted by Gasteiger charge is -2.05. The van der Waals surface area contributed by atoms with Gasteiger partial charge in [0.05, 0.1) is 23.2 Å². The Morgan fingerprint density at radius 1 is 1.22 bits per heavy atom. The van der Waals surface area contributed by atoms with E-state index >= 15 is 0 Å². The van der Waals surface area contributed by atoms with Crippen molar-refractivity contribution in [2.24, 2.45) is 5.10 Å². The summed E-state index contributed by atoms with van der Waals surface area (Å²) in [5, 5.41) is 17.5. The standard InChI is InChI=1S/C15H13IN4O3/c16-12-5-7-13(8-6-12)17-10-15(21)19-18-9-11-3-1-2-4-14(11)20(22)23/h1-9,17H,10H2,(H,19,21)/b18-9-. The molecule has 0 bridgehead atoms. The van der Waals surface area contributed by atoms with Crippen molar-refractivity contribution >= 4 is 46.1 Å². The van der Waals surface area contributed by atoms with Gasteiger partial charge in [0.1, 0.15) is 0 Å². The Morgan fingerprint density at radius 3 is 2.61 bits per heavy atom. The summed E-state index contributed by atoms with van der Waals surface area (Å²) in [4.78, 5) is 22.0. The summed E-state index contributed by atoms with van der Waals surface area (Å²) in [5.41, 5.74) is 3.40. The largest absolute Gasteiger partial charge is 0.376 e. The number of hydrogen-bond acceptors (Lipinski definition) is 5. The Kier molecular flexibility index (Phi) is 6.03. The van der Waals surface area contributed by atoms with E-state index < -0.39 is 4.92 Å². The van der Waals surface area contributed by atoms with E-state index in [1.165, 1.54) is 12.3 Å². The van der Waals surface area contributed by atoms with Crippen LogP contribution in [-0.4, -0.2) is 23.6 Å². The molecule has 0 fully saturated rings. The van der Waals surface area contributed by atoms with Crippen molar-refractivity contribution < 1.29 is 9.72 Å². The second-order valence-electron chi connectivity index (χ2n) is 4.47. The van der Waals surface area contributed by atoms with Crippen LogP contribution in [-0.2, 0) is 4.79 Å². The summed E-state index contributed by atoms with van der Waals surface area (Å²) < 4.78 is 1.10. The van der Waals surface area contributed by atoms with Gasteiger partial charge in [0.2, 0.25) is 0 Å². The molecule has 2 rings (SSSR count). The first-order valence-corrected chi connectivity index (χ1v) is 7.69. The molecule has 2 N–H and O–H groups in total. The number of rotatable bonds is 6. The van der Waals surface area contributed by atoms with Crippen LogP contribution in [0.5, 0.6) is 0 Å². The van der Waals surface area contributed by atoms with Crippen LogP contribution in [0.25, 0.3) is 0 Å². The van der Waals surface area contributed by atoms with Gasteiger partial charge in [-0.3, -0.25) is 14.9 Å². The van der Waals surface area contributed by atoms with E-state index in [9.17, 15) is 14.9 Å². The van der Waals surface area contributed by atoms with Gasteiger partial charge >= 0.3 is 0 Å². The van der Waals surface area contributed by atoms with Gasteiger partial charge < -0.3 is 5.32 Å². The Hall–Kier alpha value is -2.49. The molecule has 0 aliphatic rings. The predicted molar refractivity (Wildman–Crippen MR) is 96.5 cm³/mol. The van der Waals surface area contributed by atoms with Crippen molar-refractivity contribution in [3.05, 3.63) is 67.8 Å². The Bertz CT molecular complexity index is 732. The first kappa shape index (κ1) is 16.9. The van der Waals surface area contributed by atoms with Crippen molar-refractivity contribution in [1.29, 1.82) is 0 Å². The molecule has 23 heavy (non-hydrogen) atoms. The SMILES string of the molecule is O=C(CNc1ccc(I)cc1)N/N=C\c1ccccc1[N+](=O)[O-]. The number of anilines is 1. The summed E-state index contributed by atoms with van der Waals surface area (Å²) in [6.07, 6.45) is 1.25. The van der Waals surface area contributed by atoms with E-state index in [1.807, 2.05) is 24.3 Å². The van der Waals surface area contributed by atoms with Gasteiger partial charge in [0.25, 0.3) is 11.6 Å². The number of nitrogens with one attached hydrogen (secondary N) is 2. The molecule has 0 saturated carbocycles. The quantitative estimate of drug-likeness (QED) is 0.323. The van der Waals surface area contributed by atoms with E-state index in [2.05, 4.69) is 38.4 Å². The smallest absolute Gasteiger partial charge is 0.278 e. The molecule has 8 heteroatoms. The summed E-state index contributed by atoms with van der Waals surface area (Å²) >= 11 is 2.20. The van der Waals surface area contributed by atoms with E-state index in [0.717, 1.165) is 9.26 Å². The lowest BCUT2D eigenvalue weighted by atomic mass is 10.2. The lowest BCUT2D eigenvalue weighted by molar-refractivity contribution is -0.385. The minimum atomic E-state index is -0.499. The summed E-state index contributed by atoms with van der Waals surface area (Å²) in [7, 11) is 0. The Morgan fingerprint density at radius 2 is 1.91 bits per heavy atom. The number of halogens is 1. The number of benzene rings is 2. The van der Waals surface area contributed by atoms with Crippen LogP contribution >= 0.6 is 22.6 Å². The monoisotopic (exact) mass is 424 g/mol. The fraction of sp³-hybridized carbons (Fsp3) is 0.0667. The average Bonchev–Trinajstić information content (AvgIpc) is 2.54. The number of nitro benzene ring substituents is 1. The van der Waals surface area contributed by atoms with Gasteiger partial charge in [-0.05, 0) is 52.9 Å². The van der Waals surface area contributed by atoms with Crippen LogP contribution in [0.15, 0.2) is 53.6 Å². The van der Waals surface area contributed by atoms with E-state index in [0.29, 0.717) is 5.56 Å². The van der Waals surface area contributed by atoms with Crippen molar-refractivity contribution in [2.45, 2.75) is 0 Å². The molecule has 2 aromatic rings. The maximum Gasteiger partial charge on any atom is 0.278 e. The zero-order valence-corrected chi connectivity index (χ0v) is 14.1. The minimum absolute atomic E-state index is 0.0504. The van der Waals surface area contributed by atoms with Gasteiger partial charge in [0, 0.05) is 15.3 Å². The number of hydrogen-bond donors (Lipinski definition) is 2. The van der Waals surface area contributed by atoms with Crippen LogP contribution in [0.2, 0.25) is 0 Å². The average molecular weight is 424 g/mol.